The maximum absolute atomic E-state index is 9.29. The van der Waals surface area contributed by atoms with Crippen LogP contribution >= 0.6 is 0 Å². The van der Waals surface area contributed by atoms with Crippen LogP contribution in [0.5, 0.6) is 5.75 Å². The van der Waals surface area contributed by atoms with Gasteiger partial charge in [-0.25, -0.2) is 0 Å². The first-order valence-electron chi connectivity index (χ1n) is 7.81. The maximum atomic E-state index is 9.29. The third kappa shape index (κ3) is 4.75. The number of aryl methyl sites for hydroxylation is 1. The van der Waals surface area contributed by atoms with Gasteiger partial charge < -0.3 is 10.1 Å². The summed E-state index contributed by atoms with van der Waals surface area (Å²) in [5.41, 5.74) is 2.04. The average Bonchev–Trinajstić information content (AvgIpc) is 2.48. The highest BCUT2D eigenvalue weighted by atomic mass is 16.5. The van der Waals surface area contributed by atoms with Crippen LogP contribution in [0, 0.1) is 18.3 Å². The summed E-state index contributed by atoms with van der Waals surface area (Å²) < 4.78 is 5.97. The Morgan fingerprint density at radius 3 is 2.62 bits per heavy atom. The van der Waals surface area contributed by atoms with E-state index in [4.69, 9.17) is 4.74 Å². The number of nitrogens with one attached hydrogen (secondary N) is 1. The predicted octanol–water partition coefficient (Wildman–Crippen LogP) is 4.17. The van der Waals surface area contributed by atoms with Crippen molar-refractivity contribution in [3.05, 3.63) is 29.3 Å². The number of rotatable bonds is 8. The highest BCUT2D eigenvalue weighted by Gasteiger charge is 2.24. The van der Waals surface area contributed by atoms with E-state index in [0.29, 0.717) is 12.5 Å². The molecule has 1 aromatic rings. The zero-order valence-electron chi connectivity index (χ0n) is 14.0. The van der Waals surface area contributed by atoms with Gasteiger partial charge in [-0.2, -0.15) is 5.26 Å². The minimum Gasteiger partial charge on any atom is -0.493 e. The summed E-state index contributed by atoms with van der Waals surface area (Å²) in [6.45, 7) is 9.12. The molecule has 0 heterocycles. The van der Waals surface area contributed by atoms with Gasteiger partial charge in [0.2, 0.25) is 0 Å². The summed E-state index contributed by atoms with van der Waals surface area (Å²) in [6.07, 6.45) is 2.48. The molecule has 116 valence electrons. The van der Waals surface area contributed by atoms with Crippen LogP contribution < -0.4 is 10.1 Å². The number of hydrogen-bond donors (Lipinski definition) is 1. The van der Waals surface area contributed by atoms with Gasteiger partial charge in [0, 0.05) is 0 Å². The molecular weight excluding hydrogens is 260 g/mol. The Labute approximate surface area is 129 Å². The molecule has 0 fully saturated rings. The van der Waals surface area contributed by atoms with E-state index in [9.17, 15) is 5.26 Å². The molecule has 1 unspecified atom stereocenters. The SMILES string of the molecule is CCC(C#N)(CCCOc1cc(C)ccc1C(C)C)NC. The molecule has 0 amide bonds. The van der Waals surface area contributed by atoms with E-state index in [1.807, 2.05) is 14.0 Å². The van der Waals surface area contributed by atoms with Crippen LogP contribution in [0.15, 0.2) is 18.2 Å². The van der Waals surface area contributed by atoms with Gasteiger partial charge in [0.1, 0.15) is 11.3 Å². The Morgan fingerprint density at radius 2 is 2.10 bits per heavy atom. The fraction of sp³-hybridized carbons (Fsp3) is 0.611. The first-order valence-corrected chi connectivity index (χ1v) is 7.81. The van der Waals surface area contributed by atoms with Crippen LogP contribution in [0.1, 0.15) is 57.1 Å². The van der Waals surface area contributed by atoms with Crippen LogP contribution in [0.4, 0.5) is 0 Å². The lowest BCUT2D eigenvalue weighted by Gasteiger charge is -2.24. The molecule has 0 aliphatic rings. The second-order valence-corrected chi connectivity index (χ2v) is 5.95. The molecule has 0 spiro atoms. The van der Waals surface area contributed by atoms with Gasteiger partial charge in [-0.05, 0) is 56.3 Å². The highest BCUT2D eigenvalue weighted by molar-refractivity contribution is 5.39. The minimum atomic E-state index is -0.420. The van der Waals surface area contributed by atoms with Crippen molar-refractivity contribution < 1.29 is 4.74 Å². The van der Waals surface area contributed by atoms with Crippen LogP contribution in [-0.4, -0.2) is 19.2 Å². The van der Waals surface area contributed by atoms with E-state index < -0.39 is 5.54 Å². The second kappa shape index (κ2) is 8.05. The zero-order valence-corrected chi connectivity index (χ0v) is 14.0. The number of ether oxygens (including phenoxy) is 1. The van der Waals surface area contributed by atoms with Crippen molar-refractivity contribution in [2.75, 3.05) is 13.7 Å². The molecule has 0 saturated carbocycles. The van der Waals surface area contributed by atoms with Crippen molar-refractivity contribution in [3.8, 4) is 11.8 Å². The average molecular weight is 288 g/mol. The largest absolute Gasteiger partial charge is 0.493 e. The van der Waals surface area contributed by atoms with Crippen molar-refractivity contribution in [3.63, 3.8) is 0 Å². The quantitative estimate of drug-likeness (QED) is 0.730. The minimum absolute atomic E-state index is 0.420. The zero-order chi connectivity index (χ0) is 15.9. The Kier molecular flexibility index (Phi) is 6.71. The lowest BCUT2D eigenvalue weighted by Crippen LogP contribution is -2.41. The van der Waals surface area contributed by atoms with Gasteiger partial charge in [-0.3, -0.25) is 0 Å². The van der Waals surface area contributed by atoms with Gasteiger partial charge in [0.25, 0.3) is 0 Å². The summed E-state index contributed by atoms with van der Waals surface area (Å²) >= 11 is 0. The molecule has 1 rings (SSSR count). The second-order valence-electron chi connectivity index (χ2n) is 5.95. The summed E-state index contributed by atoms with van der Waals surface area (Å²) in [5.74, 6) is 1.43. The Morgan fingerprint density at radius 1 is 1.38 bits per heavy atom. The third-order valence-corrected chi connectivity index (χ3v) is 4.09. The fourth-order valence-corrected chi connectivity index (χ4v) is 2.47. The normalized spacial score (nSPS) is 13.8. The Hall–Kier alpha value is -1.53. The molecule has 0 aliphatic heterocycles. The van der Waals surface area contributed by atoms with E-state index in [0.717, 1.165) is 25.0 Å². The number of hydrogen-bond acceptors (Lipinski definition) is 3. The van der Waals surface area contributed by atoms with Crippen LogP contribution in [0.3, 0.4) is 0 Å². The van der Waals surface area contributed by atoms with Crippen molar-refractivity contribution in [1.29, 1.82) is 5.26 Å². The Bertz CT molecular complexity index is 484. The number of nitrogens with zero attached hydrogens (tertiary/aromatic N) is 1. The molecule has 3 heteroatoms. The van der Waals surface area contributed by atoms with E-state index in [-0.39, 0.29) is 0 Å². The topological polar surface area (TPSA) is 45.0 Å². The van der Waals surface area contributed by atoms with Crippen LogP contribution in [0.2, 0.25) is 0 Å². The summed E-state index contributed by atoms with van der Waals surface area (Å²) in [7, 11) is 1.85. The standard InChI is InChI=1S/C18H28N2O/c1-6-18(13-19,20-5)10-7-11-21-17-12-15(4)8-9-16(17)14(2)3/h8-9,12,14,20H,6-7,10-11H2,1-5H3. The van der Waals surface area contributed by atoms with Gasteiger partial charge in [0.15, 0.2) is 0 Å². The molecule has 0 aromatic heterocycles. The van der Waals surface area contributed by atoms with E-state index in [1.165, 1.54) is 11.1 Å². The molecular formula is C18H28N2O. The molecule has 0 aliphatic carbocycles. The maximum Gasteiger partial charge on any atom is 0.122 e. The first-order chi connectivity index (χ1) is 9.98. The van der Waals surface area contributed by atoms with E-state index in [2.05, 4.69) is 50.4 Å². The monoisotopic (exact) mass is 288 g/mol. The van der Waals surface area contributed by atoms with Gasteiger partial charge >= 0.3 is 0 Å². The summed E-state index contributed by atoms with van der Waals surface area (Å²) in [6, 6.07) is 8.76. The number of nitriles is 1. The van der Waals surface area contributed by atoms with Gasteiger partial charge in [0.05, 0.1) is 12.7 Å². The molecule has 0 radical (unpaired) electrons. The predicted molar refractivity (Wildman–Crippen MR) is 87.7 cm³/mol. The van der Waals surface area contributed by atoms with E-state index in [1.54, 1.807) is 0 Å². The third-order valence-electron chi connectivity index (χ3n) is 4.09. The Balaban J connectivity index is 2.61. The van der Waals surface area contributed by atoms with Crippen LogP contribution in [-0.2, 0) is 0 Å². The van der Waals surface area contributed by atoms with Gasteiger partial charge in [-0.1, -0.05) is 32.9 Å². The van der Waals surface area contributed by atoms with Crippen molar-refractivity contribution in [2.45, 2.75) is 58.4 Å². The first kappa shape index (κ1) is 17.5. The lowest BCUT2D eigenvalue weighted by atomic mass is 9.92. The smallest absolute Gasteiger partial charge is 0.122 e. The van der Waals surface area contributed by atoms with E-state index >= 15 is 0 Å². The van der Waals surface area contributed by atoms with Crippen molar-refractivity contribution >= 4 is 0 Å². The van der Waals surface area contributed by atoms with Crippen molar-refractivity contribution in [1.82, 2.24) is 5.32 Å². The molecule has 3 nitrogen and oxygen atoms in total. The molecule has 21 heavy (non-hydrogen) atoms. The molecule has 1 aromatic carbocycles. The van der Waals surface area contributed by atoms with Gasteiger partial charge in [-0.15, -0.1) is 0 Å². The molecule has 0 bridgehead atoms. The van der Waals surface area contributed by atoms with Crippen LogP contribution in [0.25, 0.3) is 0 Å². The lowest BCUT2D eigenvalue weighted by molar-refractivity contribution is 0.278. The fourth-order valence-electron chi connectivity index (χ4n) is 2.47. The van der Waals surface area contributed by atoms with Crippen molar-refractivity contribution in [2.24, 2.45) is 0 Å². The highest BCUT2D eigenvalue weighted by Crippen LogP contribution is 2.28. The summed E-state index contributed by atoms with van der Waals surface area (Å²) in [5, 5.41) is 12.4. The molecule has 1 N–H and O–H groups in total. The summed E-state index contributed by atoms with van der Waals surface area (Å²) in [4.78, 5) is 0. The molecule has 1 atom stereocenters. The number of benzene rings is 1. The molecule has 0 saturated heterocycles.